The first-order valence-electron chi connectivity index (χ1n) is 8.78. The van der Waals surface area contributed by atoms with Gasteiger partial charge in [-0.05, 0) is 52.4 Å². The highest BCUT2D eigenvalue weighted by Gasteiger charge is 2.15. The quantitative estimate of drug-likeness (QED) is 0.498. The van der Waals surface area contributed by atoms with Gasteiger partial charge in [-0.15, -0.1) is 5.10 Å². The van der Waals surface area contributed by atoms with Crippen LogP contribution in [-0.2, 0) is 11.3 Å². The molecular formula is C19H20ClN5O4S. The molecule has 1 heterocycles. The van der Waals surface area contributed by atoms with Crippen molar-refractivity contribution >= 4 is 29.3 Å². The first-order chi connectivity index (χ1) is 14.5. The molecule has 0 spiro atoms. The van der Waals surface area contributed by atoms with E-state index in [1.807, 2.05) is 0 Å². The number of nitrogens with one attached hydrogen (secondary N) is 1. The zero-order valence-electron chi connectivity index (χ0n) is 16.6. The van der Waals surface area contributed by atoms with Crippen LogP contribution in [-0.4, -0.2) is 53.2 Å². The molecule has 1 amide bonds. The first kappa shape index (κ1) is 21.7. The average molecular weight is 450 g/mol. The molecule has 158 valence electrons. The average Bonchev–Trinajstić information content (AvgIpc) is 3.24. The molecule has 0 radical (unpaired) electrons. The first-order valence-corrected chi connectivity index (χ1v) is 10.1. The number of nitrogens with zero attached hydrogens (tertiary/aromatic N) is 4. The summed E-state index contributed by atoms with van der Waals surface area (Å²) in [6.07, 6.45) is 0. The SMILES string of the molecule is COc1cc(CNC(=O)CSc2nnnn2-c2ccc(Cl)cc2)cc(OC)c1OC. The summed E-state index contributed by atoms with van der Waals surface area (Å²) in [6.45, 7) is 0.304. The van der Waals surface area contributed by atoms with Crippen molar-refractivity contribution in [2.75, 3.05) is 27.1 Å². The molecule has 9 nitrogen and oxygen atoms in total. The lowest BCUT2D eigenvalue weighted by Crippen LogP contribution is -2.24. The van der Waals surface area contributed by atoms with E-state index < -0.39 is 0 Å². The molecule has 11 heteroatoms. The van der Waals surface area contributed by atoms with E-state index >= 15 is 0 Å². The molecule has 0 aliphatic heterocycles. The van der Waals surface area contributed by atoms with E-state index in [1.165, 1.54) is 18.9 Å². The Balaban J connectivity index is 1.60. The number of hydrogen-bond acceptors (Lipinski definition) is 8. The molecule has 0 unspecified atom stereocenters. The molecule has 2 aromatic carbocycles. The number of tetrazole rings is 1. The van der Waals surface area contributed by atoms with Crippen LogP contribution in [0.4, 0.5) is 0 Å². The highest BCUT2D eigenvalue weighted by atomic mass is 35.5. The van der Waals surface area contributed by atoms with E-state index in [2.05, 4.69) is 20.8 Å². The predicted molar refractivity (Wildman–Crippen MR) is 113 cm³/mol. The monoisotopic (exact) mass is 449 g/mol. The van der Waals surface area contributed by atoms with Gasteiger partial charge in [0.15, 0.2) is 11.5 Å². The summed E-state index contributed by atoms with van der Waals surface area (Å²) < 4.78 is 17.5. The summed E-state index contributed by atoms with van der Waals surface area (Å²) in [5.74, 6) is 1.53. The highest BCUT2D eigenvalue weighted by Crippen LogP contribution is 2.38. The van der Waals surface area contributed by atoms with Crippen LogP contribution in [0, 0.1) is 0 Å². The van der Waals surface area contributed by atoms with Gasteiger partial charge in [0.25, 0.3) is 0 Å². The number of ether oxygens (including phenoxy) is 3. The van der Waals surface area contributed by atoms with Gasteiger partial charge in [-0.3, -0.25) is 4.79 Å². The van der Waals surface area contributed by atoms with Gasteiger partial charge < -0.3 is 19.5 Å². The second-order valence-corrected chi connectivity index (χ2v) is 7.33. The van der Waals surface area contributed by atoms with Gasteiger partial charge in [0.1, 0.15) is 0 Å². The van der Waals surface area contributed by atoms with E-state index in [-0.39, 0.29) is 11.7 Å². The fourth-order valence-corrected chi connectivity index (χ4v) is 3.48. The Bertz CT molecular complexity index is 987. The fraction of sp³-hybridized carbons (Fsp3) is 0.263. The molecule has 0 aliphatic carbocycles. The molecule has 3 aromatic rings. The molecule has 1 aromatic heterocycles. The topological polar surface area (TPSA) is 100 Å². The number of amides is 1. The lowest BCUT2D eigenvalue weighted by Gasteiger charge is -2.14. The van der Waals surface area contributed by atoms with Crippen molar-refractivity contribution in [3.05, 3.63) is 47.0 Å². The predicted octanol–water partition coefficient (Wildman–Crippen LogP) is 2.75. The molecular weight excluding hydrogens is 430 g/mol. The van der Waals surface area contributed by atoms with E-state index in [4.69, 9.17) is 25.8 Å². The molecule has 0 saturated heterocycles. The summed E-state index contributed by atoms with van der Waals surface area (Å²) in [6, 6.07) is 10.7. The molecule has 1 N–H and O–H groups in total. The van der Waals surface area contributed by atoms with Gasteiger partial charge >= 0.3 is 0 Å². The minimum atomic E-state index is -0.167. The van der Waals surface area contributed by atoms with Crippen LogP contribution in [0.3, 0.4) is 0 Å². The minimum absolute atomic E-state index is 0.151. The fourth-order valence-electron chi connectivity index (χ4n) is 2.63. The van der Waals surface area contributed by atoms with Gasteiger partial charge in [0, 0.05) is 11.6 Å². The molecule has 0 saturated carbocycles. The maximum absolute atomic E-state index is 12.3. The molecule has 0 bridgehead atoms. The van der Waals surface area contributed by atoms with Gasteiger partial charge in [-0.25, -0.2) is 0 Å². The van der Waals surface area contributed by atoms with Crippen molar-refractivity contribution in [2.24, 2.45) is 0 Å². The van der Waals surface area contributed by atoms with Crippen LogP contribution < -0.4 is 19.5 Å². The summed E-state index contributed by atoms with van der Waals surface area (Å²) >= 11 is 7.14. The van der Waals surface area contributed by atoms with Crippen LogP contribution in [0.1, 0.15) is 5.56 Å². The summed E-state index contributed by atoms with van der Waals surface area (Å²) in [7, 11) is 4.62. The largest absolute Gasteiger partial charge is 0.493 e. The van der Waals surface area contributed by atoms with Crippen LogP contribution in [0.5, 0.6) is 17.2 Å². The van der Waals surface area contributed by atoms with Gasteiger partial charge in [-0.1, -0.05) is 23.4 Å². The van der Waals surface area contributed by atoms with Crippen molar-refractivity contribution in [2.45, 2.75) is 11.7 Å². The maximum Gasteiger partial charge on any atom is 0.230 e. The number of rotatable bonds is 9. The molecule has 0 aliphatic rings. The smallest absolute Gasteiger partial charge is 0.230 e. The molecule has 3 rings (SSSR count). The van der Waals surface area contributed by atoms with Gasteiger partial charge in [-0.2, -0.15) is 4.68 Å². The number of carbonyl (C=O) groups is 1. The second-order valence-electron chi connectivity index (χ2n) is 5.95. The third kappa shape index (κ3) is 5.14. The number of carbonyl (C=O) groups excluding carboxylic acids is 1. The second kappa shape index (κ2) is 10.2. The number of thioether (sulfide) groups is 1. The Morgan fingerprint density at radius 2 is 1.77 bits per heavy atom. The standard InChI is InChI=1S/C19H20ClN5O4S/c1-27-15-8-12(9-16(28-2)18(15)29-3)10-21-17(26)11-30-19-22-23-24-25(19)14-6-4-13(20)5-7-14/h4-9H,10-11H2,1-3H3,(H,21,26). The Kier molecular flexibility index (Phi) is 7.36. The Morgan fingerprint density at radius 1 is 1.10 bits per heavy atom. The Labute approximate surface area is 182 Å². The van der Waals surface area contributed by atoms with Crippen LogP contribution >= 0.6 is 23.4 Å². The Morgan fingerprint density at radius 3 is 2.37 bits per heavy atom. The normalized spacial score (nSPS) is 10.5. The van der Waals surface area contributed by atoms with E-state index in [1.54, 1.807) is 55.3 Å². The molecule has 0 fully saturated rings. The maximum atomic E-state index is 12.3. The zero-order chi connectivity index (χ0) is 21.5. The number of methoxy groups -OCH3 is 3. The Hall–Kier alpha value is -2.98. The van der Waals surface area contributed by atoms with Crippen LogP contribution in [0.2, 0.25) is 5.02 Å². The summed E-state index contributed by atoms with van der Waals surface area (Å²) in [5.41, 5.74) is 1.57. The van der Waals surface area contributed by atoms with E-state index in [0.717, 1.165) is 11.3 Å². The summed E-state index contributed by atoms with van der Waals surface area (Å²) in [5, 5.41) is 15.6. The van der Waals surface area contributed by atoms with Gasteiger partial charge in [0.2, 0.25) is 16.8 Å². The van der Waals surface area contributed by atoms with Crippen LogP contribution in [0.15, 0.2) is 41.6 Å². The minimum Gasteiger partial charge on any atom is -0.493 e. The number of aromatic nitrogens is 4. The van der Waals surface area contributed by atoms with Crippen molar-refractivity contribution in [3.8, 4) is 22.9 Å². The third-order valence-corrected chi connectivity index (χ3v) is 5.23. The molecule has 0 atom stereocenters. The number of hydrogen-bond donors (Lipinski definition) is 1. The zero-order valence-corrected chi connectivity index (χ0v) is 18.2. The molecule has 30 heavy (non-hydrogen) atoms. The van der Waals surface area contributed by atoms with Crippen molar-refractivity contribution in [1.29, 1.82) is 0 Å². The van der Waals surface area contributed by atoms with E-state index in [0.29, 0.717) is 34.0 Å². The summed E-state index contributed by atoms with van der Waals surface area (Å²) in [4.78, 5) is 12.3. The van der Waals surface area contributed by atoms with Gasteiger partial charge in [0.05, 0.1) is 32.8 Å². The van der Waals surface area contributed by atoms with E-state index in [9.17, 15) is 4.79 Å². The van der Waals surface area contributed by atoms with Crippen molar-refractivity contribution in [3.63, 3.8) is 0 Å². The van der Waals surface area contributed by atoms with Crippen molar-refractivity contribution < 1.29 is 19.0 Å². The highest BCUT2D eigenvalue weighted by molar-refractivity contribution is 7.99. The van der Waals surface area contributed by atoms with Crippen LogP contribution in [0.25, 0.3) is 5.69 Å². The lowest BCUT2D eigenvalue weighted by atomic mass is 10.2. The third-order valence-electron chi connectivity index (χ3n) is 4.06. The lowest BCUT2D eigenvalue weighted by molar-refractivity contribution is -0.118. The van der Waals surface area contributed by atoms with Crippen molar-refractivity contribution in [1.82, 2.24) is 25.5 Å². The number of benzene rings is 2. The number of halogens is 1.